The monoisotopic (exact) mass is 296 g/mol. The van der Waals surface area contributed by atoms with Crippen molar-refractivity contribution >= 4 is 38.4 Å². The number of carbonyl (C=O) groups excluding carboxylic acids is 1. The molecule has 0 bridgehead atoms. The van der Waals surface area contributed by atoms with E-state index in [0.29, 0.717) is 15.3 Å². The number of nitrogens with zero attached hydrogens (tertiary/aromatic N) is 2. The minimum atomic E-state index is -0.486. The Morgan fingerprint density at radius 2 is 2.35 bits per heavy atom. The summed E-state index contributed by atoms with van der Waals surface area (Å²) in [6.45, 7) is 1.49. The summed E-state index contributed by atoms with van der Waals surface area (Å²) in [6, 6.07) is 3.45. The summed E-state index contributed by atoms with van der Waals surface area (Å²) in [6.07, 6.45) is 0. The molecule has 0 fully saturated rings. The molecule has 1 aromatic carbocycles. The highest BCUT2D eigenvalue weighted by Gasteiger charge is 2.12. The second-order valence-electron chi connectivity index (χ2n) is 4.11. The highest BCUT2D eigenvalue weighted by atomic mass is 32.1. The number of benzene rings is 1. The topological polar surface area (TPSA) is 117 Å². The molecular formula is C11H12N4O4S. The molecule has 0 radical (unpaired) electrons. The predicted octanol–water partition coefficient (Wildman–Crippen LogP) is 1.71. The standard InChI is InChI=1S/C11H12N4O4S/c1-6(5-16)12-10(17)14-11-13-8-3-2-7(15(18)19)4-9(8)20-11/h2-4,6,16H,5H2,1H3,(H2,12,13,14,17). The number of nitro groups is 1. The van der Waals surface area contributed by atoms with Crippen molar-refractivity contribution in [1.82, 2.24) is 10.3 Å². The molecule has 0 aliphatic carbocycles. The van der Waals surface area contributed by atoms with Gasteiger partial charge in [-0.15, -0.1) is 0 Å². The van der Waals surface area contributed by atoms with E-state index in [-0.39, 0.29) is 18.3 Å². The van der Waals surface area contributed by atoms with Crippen molar-refractivity contribution in [2.45, 2.75) is 13.0 Å². The first-order valence-corrected chi connectivity index (χ1v) is 6.54. The van der Waals surface area contributed by atoms with Crippen molar-refractivity contribution in [1.29, 1.82) is 0 Å². The molecule has 9 heteroatoms. The maximum atomic E-state index is 11.6. The number of nitrogens with one attached hydrogen (secondary N) is 2. The maximum Gasteiger partial charge on any atom is 0.321 e. The Labute approximate surface area is 117 Å². The number of fused-ring (bicyclic) bond motifs is 1. The van der Waals surface area contributed by atoms with Gasteiger partial charge in [-0.2, -0.15) is 0 Å². The Morgan fingerprint density at radius 3 is 3.00 bits per heavy atom. The van der Waals surface area contributed by atoms with Gasteiger partial charge in [-0.05, 0) is 13.0 Å². The van der Waals surface area contributed by atoms with Crippen molar-refractivity contribution in [2.24, 2.45) is 0 Å². The Bertz CT molecular complexity index is 657. The normalized spacial score (nSPS) is 12.1. The van der Waals surface area contributed by atoms with Crippen LogP contribution in [0, 0.1) is 10.1 Å². The van der Waals surface area contributed by atoms with E-state index in [0.717, 1.165) is 11.3 Å². The van der Waals surface area contributed by atoms with Crippen LogP contribution in [0.2, 0.25) is 0 Å². The molecule has 2 amide bonds. The smallest absolute Gasteiger partial charge is 0.321 e. The summed E-state index contributed by atoms with van der Waals surface area (Å²) >= 11 is 1.14. The van der Waals surface area contributed by atoms with Crippen LogP contribution >= 0.6 is 11.3 Å². The Hall–Kier alpha value is -2.26. The van der Waals surface area contributed by atoms with E-state index < -0.39 is 11.0 Å². The third kappa shape index (κ3) is 3.19. The lowest BCUT2D eigenvalue weighted by atomic mass is 10.3. The van der Waals surface area contributed by atoms with E-state index in [4.69, 9.17) is 5.11 Å². The zero-order valence-corrected chi connectivity index (χ0v) is 11.3. The molecule has 0 aliphatic rings. The van der Waals surface area contributed by atoms with E-state index in [1.807, 2.05) is 0 Å². The number of aromatic nitrogens is 1. The van der Waals surface area contributed by atoms with Gasteiger partial charge in [0.05, 0.1) is 27.8 Å². The first-order chi connectivity index (χ1) is 9.49. The van der Waals surface area contributed by atoms with Gasteiger partial charge in [0.1, 0.15) is 0 Å². The summed E-state index contributed by atoms with van der Waals surface area (Å²) in [7, 11) is 0. The second kappa shape index (κ2) is 5.80. The van der Waals surface area contributed by atoms with Gasteiger partial charge in [0.15, 0.2) is 5.13 Å². The number of hydrogen-bond acceptors (Lipinski definition) is 6. The van der Waals surface area contributed by atoms with Gasteiger partial charge in [-0.1, -0.05) is 11.3 Å². The van der Waals surface area contributed by atoms with Crippen LogP contribution in [0.4, 0.5) is 15.6 Å². The first kappa shape index (κ1) is 14.2. The summed E-state index contributed by atoms with van der Waals surface area (Å²) in [5, 5.41) is 24.9. The molecule has 0 aliphatic heterocycles. The zero-order valence-electron chi connectivity index (χ0n) is 10.5. The molecule has 8 nitrogen and oxygen atoms in total. The summed E-state index contributed by atoms with van der Waals surface area (Å²) in [4.78, 5) is 25.9. The molecule has 106 valence electrons. The van der Waals surface area contributed by atoms with Crippen molar-refractivity contribution in [2.75, 3.05) is 11.9 Å². The Balaban J connectivity index is 2.15. The lowest BCUT2D eigenvalue weighted by Crippen LogP contribution is -2.38. The number of aliphatic hydroxyl groups excluding tert-OH is 1. The van der Waals surface area contributed by atoms with Gasteiger partial charge < -0.3 is 10.4 Å². The van der Waals surface area contributed by atoms with Gasteiger partial charge in [-0.3, -0.25) is 15.4 Å². The average molecular weight is 296 g/mol. The van der Waals surface area contributed by atoms with Crippen LogP contribution in [-0.4, -0.2) is 33.7 Å². The Morgan fingerprint density at radius 1 is 1.60 bits per heavy atom. The molecular weight excluding hydrogens is 284 g/mol. The van der Waals surface area contributed by atoms with Crippen LogP contribution in [0.3, 0.4) is 0 Å². The number of rotatable bonds is 4. The largest absolute Gasteiger partial charge is 0.394 e. The SMILES string of the molecule is CC(CO)NC(=O)Nc1nc2ccc([N+](=O)[O-])cc2s1. The third-order valence-electron chi connectivity index (χ3n) is 2.45. The number of urea groups is 1. The lowest BCUT2D eigenvalue weighted by Gasteiger charge is -2.09. The quantitative estimate of drug-likeness (QED) is 0.586. The van der Waals surface area contributed by atoms with E-state index in [1.165, 1.54) is 18.2 Å². The van der Waals surface area contributed by atoms with Crippen molar-refractivity contribution in [3.05, 3.63) is 28.3 Å². The highest BCUT2D eigenvalue weighted by molar-refractivity contribution is 7.22. The molecule has 2 rings (SSSR count). The fourth-order valence-corrected chi connectivity index (χ4v) is 2.38. The maximum absolute atomic E-state index is 11.6. The third-order valence-corrected chi connectivity index (χ3v) is 3.39. The molecule has 3 N–H and O–H groups in total. The number of amides is 2. The van der Waals surface area contributed by atoms with E-state index in [2.05, 4.69) is 15.6 Å². The lowest BCUT2D eigenvalue weighted by molar-refractivity contribution is -0.384. The number of thiazole rings is 1. The van der Waals surface area contributed by atoms with Crippen LogP contribution in [0.5, 0.6) is 0 Å². The van der Waals surface area contributed by atoms with Crippen molar-refractivity contribution < 1.29 is 14.8 Å². The van der Waals surface area contributed by atoms with Crippen molar-refractivity contribution in [3.63, 3.8) is 0 Å². The zero-order chi connectivity index (χ0) is 14.7. The summed E-state index contributed by atoms with van der Waals surface area (Å²) in [5.41, 5.74) is 0.553. The van der Waals surface area contributed by atoms with Gasteiger partial charge in [0, 0.05) is 12.1 Å². The van der Waals surface area contributed by atoms with E-state index in [1.54, 1.807) is 6.92 Å². The fourth-order valence-electron chi connectivity index (χ4n) is 1.48. The van der Waals surface area contributed by atoms with Crippen LogP contribution < -0.4 is 10.6 Å². The number of anilines is 1. The van der Waals surface area contributed by atoms with Crippen LogP contribution in [0.1, 0.15) is 6.92 Å². The van der Waals surface area contributed by atoms with Gasteiger partial charge in [0.25, 0.3) is 5.69 Å². The highest BCUT2D eigenvalue weighted by Crippen LogP contribution is 2.28. The number of nitro benzene ring substituents is 1. The number of hydrogen-bond donors (Lipinski definition) is 3. The molecule has 1 atom stereocenters. The molecule has 20 heavy (non-hydrogen) atoms. The van der Waals surface area contributed by atoms with Gasteiger partial charge in [0.2, 0.25) is 0 Å². The fraction of sp³-hybridized carbons (Fsp3) is 0.273. The summed E-state index contributed by atoms with van der Waals surface area (Å²) < 4.78 is 0.615. The summed E-state index contributed by atoms with van der Waals surface area (Å²) in [5.74, 6) is 0. The minimum Gasteiger partial charge on any atom is -0.394 e. The molecule has 0 saturated heterocycles. The van der Waals surface area contributed by atoms with Crippen LogP contribution in [-0.2, 0) is 0 Å². The molecule has 1 heterocycles. The van der Waals surface area contributed by atoms with Crippen molar-refractivity contribution in [3.8, 4) is 0 Å². The first-order valence-electron chi connectivity index (χ1n) is 5.73. The van der Waals surface area contributed by atoms with E-state index >= 15 is 0 Å². The molecule has 1 unspecified atom stereocenters. The number of non-ortho nitro benzene ring substituents is 1. The number of carbonyl (C=O) groups is 1. The minimum absolute atomic E-state index is 0.0222. The molecule has 0 saturated carbocycles. The van der Waals surface area contributed by atoms with Gasteiger partial charge >= 0.3 is 6.03 Å². The van der Waals surface area contributed by atoms with Gasteiger partial charge in [-0.25, -0.2) is 9.78 Å². The predicted molar refractivity (Wildman–Crippen MR) is 75.0 cm³/mol. The van der Waals surface area contributed by atoms with Crippen LogP contribution in [0.15, 0.2) is 18.2 Å². The second-order valence-corrected chi connectivity index (χ2v) is 5.14. The molecule has 0 spiro atoms. The molecule has 1 aromatic heterocycles. The number of aliphatic hydroxyl groups is 1. The van der Waals surface area contributed by atoms with E-state index in [9.17, 15) is 14.9 Å². The average Bonchev–Trinajstić information content (AvgIpc) is 2.78. The van der Waals surface area contributed by atoms with Crippen LogP contribution in [0.25, 0.3) is 10.2 Å². The Kier molecular flexibility index (Phi) is 4.11. The molecule has 2 aromatic rings.